The Bertz CT molecular complexity index is 468. The number of alkyl halides is 1. The van der Waals surface area contributed by atoms with Crippen molar-refractivity contribution in [2.75, 3.05) is 19.7 Å². The number of likely N-dealkylation sites (tertiary alicyclic amines) is 1. The van der Waals surface area contributed by atoms with Crippen molar-refractivity contribution in [3.05, 3.63) is 17.5 Å². The number of ether oxygens (including phenoxy) is 1. The Morgan fingerprint density at radius 1 is 1.52 bits per heavy atom. The van der Waals surface area contributed by atoms with Crippen molar-refractivity contribution in [3.8, 4) is 0 Å². The first-order valence-corrected chi connectivity index (χ1v) is 7.76. The van der Waals surface area contributed by atoms with E-state index in [0.717, 1.165) is 30.9 Å². The summed E-state index contributed by atoms with van der Waals surface area (Å²) in [6.45, 7) is 6.82. The third-order valence-corrected chi connectivity index (χ3v) is 4.69. The fourth-order valence-corrected chi connectivity index (χ4v) is 3.31. The molecule has 6 heteroatoms. The van der Waals surface area contributed by atoms with Crippen molar-refractivity contribution in [2.45, 2.75) is 57.6 Å². The molecule has 0 radical (unpaired) electrons. The highest BCUT2D eigenvalue weighted by atomic mass is 19.1. The van der Waals surface area contributed by atoms with E-state index in [9.17, 15) is 4.39 Å². The van der Waals surface area contributed by atoms with Crippen LogP contribution in [0.1, 0.15) is 31.1 Å². The molecule has 1 aromatic rings. The van der Waals surface area contributed by atoms with Gasteiger partial charge in [0.2, 0.25) is 0 Å². The lowest BCUT2D eigenvalue weighted by molar-refractivity contribution is 0.111. The van der Waals surface area contributed by atoms with Gasteiger partial charge in [-0.25, -0.2) is 4.39 Å². The molecule has 21 heavy (non-hydrogen) atoms. The van der Waals surface area contributed by atoms with Crippen molar-refractivity contribution in [3.63, 3.8) is 0 Å². The smallest absolute Gasteiger partial charge is 0.138 e. The Hall–Kier alpha value is -0.980. The zero-order valence-corrected chi connectivity index (χ0v) is 12.7. The van der Waals surface area contributed by atoms with Gasteiger partial charge in [-0.15, -0.1) is 0 Å². The van der Waals surface area contributed by atoms with Crippen LogP contribution in [0.15, 0.2) is 10.7 Å². The summed E-state index contributed by atoms with van der Waals surface area (Å²) in [4.78, 5) is 2.19. The van der Waals surface area contributed by atoms with Gasteiger partial charge in [0, 0.05) is 43.9 Å². The first kappa shape index (κ1) is 14.9. The van der Waals surface area contributed by atoms with Crippen LogP contribution in [0.3, 0.4) is 0 Å². The highest BCUT2D eigenvalue weighted by molar-refractivity contribution is 5.12. The van der Waals surface area contributed by atoms with Crippen molar-refractivity contribution in [2.24, 2.45) is 0 Å². The van der Waals surface area contributed by atoms with E-state index in [4.69, 9.17) is 9.26 Å². The monoisotopic (exact) mass is 297 g/mol. The second kappa shape index (κ2) is 6.42. The Kier molecular flexibility index (Phi) is 4.57. The van der Waals surface area contributed by atoms with Gasteiger partial charge >= 0.3 is 0 Å². The fraction of sp³-hybridized carbons (Fsp3) is 0.800. The van der Waals surface area contributed by atoms with Crippen LogP contribution in [-0.4, -0.2) is 54.1 Å². The Labute approximate surface area is 124 Å². The Morgan fingerprint density at radius 2 is 2.38 bits per heavy atom. The molecule has 2 aliphatic rings. The second-order valence-corrected chi connectivity index (χ2v) is 6.20. The summed E-state index contributed by atoms with van der Waals surface area (Å²) in [6.07, 6.45) is 2.88. The molecule has 0 bridgehead atoms. The number of aryl methyl sites for hydroxylation is 1. The van der Waals surface area contributed by atoms with Gasteiger partial charge in [0.05, 0.1) is 12.3 Å². The zero-order valence-electron chi connectivity index (χ0n) is 12.7. The molecule has 118 valence electrons. The molecule has 0 amide bonds. The summed E-state index contributed by atoms with van der Waals surface area (Å²) in [6, 6.07) is 0.616. The van der Waals surface area contributed by atoms with Gasteiger partial charge in [-0.05, 0) is 26.7 Å². The quantitative estimate of drug-likeness (QED) is 0.896. The average molecular weight is 297 g/mol. The van der Waals surface area contributed by atoms with Crippen LogP contribution in [0.25, 0.3) is 0 Å². The minimum atomic E-state index is -0.741. The molecule has 2 saturated heterocycles. The summed E-state index contributed by atoms with van der Waals surface area (Å²) in [5.74, 6) is 0.821. The lowest BCUT2D eigenvalue weighted by atomic mass is 10.1. The van der Waals surface area contributed by atoms with Crippen LogP contribution in [0.2, 0.25) is 0 Å². The average Bonchev–Trinajstić information content (AvgIpc) is 3.11. The molecule has 5 nitrogen and oxygen atoms in total. The summed E-state index contributed by atoms with van der Waals surface area (Å²) in [5, 5.41) is 7.34. The molecule has 3 heterocycles. The van der Waals surface area contributed by atoms with Crippen LogP contribution in [-0.2, 0) is 11.3 Å². The van der Waals surface area contributed by atoms with E-state index < -0.39 is 6.17 Å². The van der Waals surface area contributed by atoms with Crippen LogP contribution in [0.5, 0.6) is 0 Å². The maximum atomic E-state index is 13.8. The predicted molar refractivity (Wildman–Crippen MR) is 76.8 cm³/mol. The molecule has 0 spiro atoms. The topological polar surface area (TPSA) is 50.5 Å². The second-order valence-electron chi connectivity index (χ2n) is 6.20. The van der Waals surface area contributed by atoms with Crippen LogP contribution in [0.4, 0.5) is 4.39 Å². The third kappa shape index (κ3) is 3.44. The summed E-state index contributed by atoms with van der Waals surface area (Å²) >= 11 is 0. The lowest BCUT2D eigenvalue weighted by Crippen LogP contribution is -2.43. The van der Waals surface area contributed by atoms with Crippen molar-refractivity contribution >= 4 is 0 Å². The molecule has 0 aromatic carbocycles. The fourth-order valence-electron chi connectivity index (χ4n) is 3.31. The van der Waals surface area contributed by atoms with Crippen LogP contribution >= 0.6 is 0 Å². The highest BCUT2D eigenvalue weighted by Gasteiger charge is 2.33. The molecular weight excluding hydrogens is 273 g/mol. The zero-order chi connectivity index (χ0) is 14.8. The first-order valence-electron chi connectivity index (χ1n) is 7.76. The van der Waals surface area contributed by atoms with Crippen LogP contribution in [0, 0.1) is 6.92 Å². The third-order valence-electron chi connectivity index (χ3n) is 4.69. The van der Waals surface area contributed by atoms with E-state index in [0.29, 0.717) is 25.6 Å². The lowest BCUT2D eigenvalue weighted by Gasteiger charge is -2.26. The summed E-state index contributed by atoms with van der Waals surface area (Å²) in [7, 11) is 0. The van der Waals surface area contributed by atoms with E-state index in [-0.39, 0.29) is 12.1 Å². The molecule has 3 rings (SSSR count). The van der Waals surface area contributed by atoms with Gasteiger partial charge < -0.3 is 14.6 Å². The normalized spacial score (nSPS) is 33.9. The highest BCUT2D eigenvalue weighted by Crippen LogP contribution is 2.24. The van der Waals surface area contributed by atoms with E-state index in [1.54, 1.807) is 6.20 Å². The van der Waals surface area contributed by atoms with Crippen molar-refractivity contribution < 1.29 is 13.7 Å². The molecular formula is C15H24FN3O2. The molecule has 0 saturated carbocycles. The number of nitrogens with one attached hydrogen (secondary N) is 1. The summed E-state index contributed by atoms with van der Waals surface area (Å²) in [5.41, 5.74) is 1.05. The van der Waals surface area contributed by atoms with E-state index >= 15 is 0 Å². The van der Waals surface area contributed by atoms with E-state index in [1.165, 1.54) is 0 Å². The molecule has 2 fully saturated rings. The molecule has 1 aromatic heterocycles. The molecule has 1 N–H and O–H groups in total. The van der Waals surface area contributed by atoms with Gasteiger partial charge in [-0.1, -0.05) is 5.16 Å². The SMILES string of the molecule is Cc1oncc1CN1C[C@@H](F)C[C@H]1CNC1CCOC1C. The summed E-state index contributed by atoms with van der Waals surface area (Å²) < 4.78 is 24.4. The number of hydrogen-bond acceptors (Lipinski definition) is 5. The number of halogens is 1. The van der Waals surface area contributed by atoms with Gasteiger partial charge in [-0.2, -0.15) is 0 Å². The molecule has 2 unspecified atom stereocenters. The Morgan fingerprint density at radius 3 is 3.05 bits per heavy atom. The van der Waals surface area contributed by atoms with Gasteiger partial charge in [0.25, 0.3) is 0 Å². The molecule has 4 atom stereocenters. The molecule has 0 aliphatic carbocycles. The largest absolute Gasteiger partial charge is 0.377 e. The standard InChI is InChI=1S/C15H24FN3O2/c1-10-12(6-18-21-10)8-19-9-13(16)5-14(19)7-17-15-3-4-20-11(15)2/h6,11,13-15,17H,3-5,7-9H2,1-2H3/t11?,13-,14-,15?/m0/s1. The van der Waals surface area contributed by atoms with Gasteiger partial charge in [0.1, 0.15) is 11.9 Å². The number of nitrogens with zero attached hydrogens (tertiary/aromatic N) is 2. The molecule has 2 aliphatic heterocycles. The number of aromatic nitrogens is 1. The van der Waals surface area contributed by atoms with Crippen molar-refractivity contribution in [1.82, 2.24) is 15.4 Å². The van der Waals surface area contributed by atoms with E-state index in [1.807, 2.05) is 6.92 Å². The number of hydrogen-bond donors (Lipinski definition) is 1. The van der Waals surface area contributed by atoms with Crippen LogP contribution < -0.4 is 5.32 Å². The Balaban J connectivity index is 1.56. The number of rotatable bonds is 5. The minimum Gasteiger partial charge on any atom is -0.377 e. The maximum Gasteiger partial charge on any atom is 0.138 e. The minimum absolute atomic E-state index is 0.224. The predicted octanol–water partition coefficient (Wildman–Crippen LogP) is 1.66. The van der Waals surface area contributed by atoms with Crippen molar-refractivity contribution in [1.29, 1.82) is 0 Å². The maximum absolute atomic E-state index is 13.8. The van der Waals surface area contributed by atoms with Gasteiger partial charge in [-0.3, -0.25) is 4.90 Å². The van der Waals surface area contributed by atoms with Gasteiger partial charge in [0.15, 0.2) is 0 Å². The first-order chi connectivity index (χ1) is 10.1. The van der Waals surface area contributed by atoms with E-state index in [2.05, 4.69) is 22.3 Å².